The number of amides is 2. The molecule has 0 bridgehead atoms. The normalized spacial score (nSPS) is 22.3. The first-order valence-corrected chi connectivity index (χ1v) is 9.89. The van der Waals surface area contributed by atoms with Crippen LogP contribution in [-0.4, -0.2) is 59.5 Å². The SMILES string of the molecule is Cc1cc(C(=O)N2CCC3(CCCN(CCO)C3=O)C2)c(-c2ccccc2)o1. The molecule has 3 heterocycles. The van der Waals surface area contributed by atoms with Crippen molar-refractivity contribution in [2.45, 2.75) is 26.2 Å². The van der Waals surface area contributed by atoms with Gasteiger partial charge in [0.2, 0.25) is 5.91 Å². The van der Waals surface area contributed by atoms with E-state index in [4.69, 9.17) is 4.42 Å². The zero-order valence-electron chi connectivity index (χ0n) is 16.2. The molecule has 1 spiro atoms. The largest absolute Gasteiger partial charge is 0.461 e. The summed E-state index contributed by atoms with van der Waals surface area (Å²) in [4.78, 5) is 29.8. The Kier molecular flexibility index (Phi) is 4.98. The second-order valence-electron chi connectivity index (χ2n) is 7.84. The number of aliphatic hydroxyl groups excluding tert-OH is 1. The maximum absolute atomic E-state index is 13.3. The van der Waals surface area contributed by atoms with Crippen LogP contribution in [0.25, 0.3) is 11.3 Å². The number of hydrogen-bond acceptors (Lipinski definition) is 4. The maximum atomic E-state index is 13.3. The summed E-state index contributed by atoms with van der Waals surface area (Å²) in [6.07, 6.45) is 2.39. The van der Waals surface area contributed by atoms with Gasteiger partial charge >= 0.3 is 0 Å². The van der Waals surface area contributed by atoms with Crippen molar-refractivity contribution in [1.82, 2.24) is 9.80 Å². The molecule has 2 aliphatic rings. The molecule has 2 amide bonds. The van der Waals surface area contributed by atoms with Crippen molar-refractivity contribution in [2.24, 2.45) is 5.41 Å². The van der Waals surface area contributed by atoms with Gasteiger partial charge < -0.3 is 19.3 Å². The number of furan rings is 1. The summed E-state index contributed by atoms with van der Waals surface area (Å²) in [5.41, 5.74) is 0.918. The number of nitrogens with zero attached hydrogens (tertiary/aromatic N) is 2. The lowest BCUT2D eigenvalue weighted by molar-refractivity contribution is -0.146. The van der Waals surface area contributed by atoms with E-state index in [1.165, 1.54) is 0 Å². The quantitative estimate of drug-likeness (QED) is 0.882. The molecular formula is C22H26N2O4. The van der Waals surface area contributed by atoms with Crippen LogP contribution in [0.1, 0.15) is 35.4 Å². The van der Waals surface area contributed by atoms with Crippen LogP contribution in [0.3, 0.4) is 0 Å². The predicted molar refractivity (Wildman–Crippen MR) is 105 cm³/mol. The highest BCUT2D eigenvalue weighted by Crippen LogP contribution is 2.41. The monoisotopic (exact) mass is 382 g/mol. The zero-order valence-corrected chi connectivity index (χ0v) is 16.2. The molecule has 6 heteroatoms. The van der Waals surface area contributed by atoms with E-state index in [1.807, 2.05) is 37.3 Å². The second kappa shape index (κ2) is 7.43. The van der Waals surface area contributed by atoms with Crippen LogP contribution in [0.5, 0.6) is 0 Å². The fraction of sp³-hybridized carbons (Fsp3) is 0.455. The molecule has 28 heavy (non-hydrogen) atoms. The van der Waals surface area contributed by atoms with Gasteiger partial charge in [0.05, 0.1) is 17.6 Å². The molecule has 1 aromatic carbocycles. The number of rotatable bonds is 4. The molecule has 1 aromatic heterocycles. The number of carbonyl (C=O) groups excluding carboxylic acids is 2. The van der Waals surface area contributed by atoms with Gasteiger partial charge in [-0.15, -0.1) is 0 Å². The summed E-state index contributed by atoms with van der Waals surface area (Å²) in [5, 5.41) is 9.23. The molecule has 2 aromatic rings. The summed E-state index contributed by atoms with van der Waals surface area (Å²) in [7, 11) is 0. The minimum Gasteiger partial charge on any atom is -0.461 e. The molecule has 1 atom stereocenters. The Morgan fingerprint density at radius 1 is 1.21 bits per heavy atom. The van der Waals surface area contributed by atoms with Crippen LogP contribution in [-0.2, 0) is 4.79 Å². The van der Waals surface area contributed by atoms with Crippen LogP contribution in [0.4, 0.5) is 0 Å². The summed E-state index contributed by atoms with van der Waals surface area (Å²) < 4.78 is 5.84. The Balaban J connectivity index is 1.57. The Bertz CT molecular complexity index is 874. The lowest BCUT2D eigenvalue weighted by Crippen LogP contribution is -2.51. The molecule has 2 aliphatic heterocycles. The van der Waals surface area contributed by atoms with Crippen molar-refractivity contribution in [3.63, 3.8) is 0 Å². The smallest absolute Gasteiger partial charge is 0.257 e. The Morgan fingerprint density at radius 2 is 2.00 bits per heavy atom. The molecule has 6 nitrogen and oxygen atoms in total. The molecule has 4 rings (SSSR count). The number of carbonyl (C=O) groups is 2. The van der Waals surface area contributed by atoms with Crippen molar-refractivity contribution < 1.29 is 19.1 Å². The highest BCUT2D eigenvalue weighted by molar-refractivity contribution is 6.00. The molecule has 0 aliphatic carbocycles. The Morgan fingerprint density at radius 3 is 2.75 bits per heavy atom. The standard InChI is InChI=1S/C22H26N2O4/c1-16-14-18(19(28-16)17-6-3-2-4-7-17)20(26)24-11-9-22(15-24)8-5-10-23(12-13-25)21(22)27/h2-4,6-7,14,25H,5,8-13,15H2,1H3. The average Bonchev–Trinajstić information content (AvgIpc) is 3.31. The van der Waals surface area contributed by atoms with Crippen LogP contribution >= 0.6 is 0 Å². The summed E-state index contributed by atoms with van der Waals surface area (Å²) in [5.74, 6) is 1.27. The molecular weight excluding hydrogens is 356 g/mol. The fourth-order valence-corrected chi connectivity index (χ4v) is 4.56. The van der Waals surface area contributed by atoms with Gasteiger partial charge in [-0.25, -0.2) is 0 Å². The van der Waals surface area contributed by atoms with Crippen LogP contribution < -0.4 is 0 Å². The van der Waals surface area contributed by atoms with Crippen LogP contribution in [0.15, 0.2) is 40.8 Å². The highest BCUT2D eigenvalue weighted by atomic mass is 16.3. The lowest BCUT2D eigenvalue weighted by atomic mass is 9.78. The van der Waals surface area contributed by atoms with Gasteiger partial charge in [0.1, 0.15) is 11.5 Å². The van der Waals surface area contributed by atoms with E-state index in [0.717, 1.165) is 18.4 Å². The first-order valence-electron chi connectivity index (χ1n) is 9.89. The highest BCUT2D eigenvalue weighted by Gasteiger charge is 2.49. The van der Waals surface area contributed by atoms with Crippen molar-refractivity contribution >= 4 is 11.8 Å². The van der Waals surface area contributed by atoms with Gasteiger partial charge in [-0.2, -0.15) is 0 Å². The molecule has 0 radical (unpaired) electrons. The van der Waals surface area contributed by atoms with Gasteiger partial charge in [-0.1, -0.05) is 30.3 Å². The predicted octanol–water partition coefficient (Wildman–Crippen LogP) is 2.70. The number of hydrogen-bond donors (Lipinski definition) is 1. The van der Waals surface area contributed by atoms with Gasteiger partial charge in [-0.05, 0) is 32.3 Å². The topological polar surface area (TPSA) is 74.0 Å². The maximum Gasteiger partial charge on any atom is 0.257 e. The molecule has 148 valence electrons. The minimum absolute atomic E-state index is 0.0286. The third-order valence-corrected chi connectivity index (χ3v) is 5.96. The van der Waals surface area contributed by atoms with Crippen molar-refractivity contribution in [2.75, 3.05) is 32.8 Å². The number of piperidine rings is 1. The molecule has 2 saturated heterocycles. The van der Waals surface area contributed by atoms with Gasteiger partial charge in [0.25, 0.3) is 5.91 Å². The summed E-state index contributed by atoms with van der Waals surface area (Å²) >= 11 is 0. The number of aliphatic hydroxyl groups is 1. The van der Waals surface area contributed by atoms with Gasteiger partial charge in [0, 0.05) is 31.7 Å². The van der Waals surface area contributed by atoms with Crippen molar-refractivity contribution in [1.29, 1.82) is 0 Å². The van der Waals surface area contributed by atoms with E-state index in [0.29, 0.717) is 49.7 Å². The fourth-order valence-electron chi connectivity index (χ4n) is 4.56. The Labute approximate surface area is 164 Å². The molecule has 1 unspecified atom stereocenters. The van der Waals surface area contributed by atoms with Crippen molar-refractivity contribution in [3.8, 4) is 11.3 Å². The number of likely N-dealkylation sites (tertiary alicyclic amines) is 2. The number of benzene rings is 1. The Hall–Kier alpha value is -2.60. The second-order valence-corrected chi connectivity index (χ2v) is 7.84. The van der Waals surface area contributed by atoms with E-state index in [1.54, 1.807) is 15.9 Å². The first-order chi connectivity index (χ1) is 13.5. The molecule has 1 N–H and O–H groups in total. The number of β-amino-alcohol motifs (C(OH)–C–C–N with tert-alkyl or cyclic N) is 1. The summed E-state index contributed by atoms with van der Waals surface area (Å²) in [6, 6.07) is 11.4. The minimum atomic E-state index is -0.505. The van der Waals surface area contributed by atoms with E-state index in [2.05, 4.69) is 0 Å². The molecule has 0 saturated carbocycles. The van der Waals surface area contributed by atoms with E-state index >= 15 is 0 Å². The number of aryl methyl sites for hydroxylation is 1. The van der Waals surface area contributed by atoms with Crippen LogP contribution in [0.2, 0.25) is 0 Å². The zero-order chi connectivity index (χ0) is 19.7. The van der Waals surface area contributed by atoms with Gasteiger partial charge in [-0.3, -0.25) is 9.59 Å². The summed E-state index contributed by atoms with van der Waals surface area (Å²) in [6.45, 7) is 3.87. The average molecular weight is 382 g/mol. The van der Waals surface area contributed by atoms with Crippen LogP contribution in [0, 0.1) is 12.3 Å². The third-order valence-electron chi connectivity index (χ3n) is 5.96. The molecule has 2 fully saturated rings. The first kappa shape index (κ1) is 18.7. The van der Waals surface area contributed by atoms with E-state index in [9.17, 15) is 14.7 Å². The van der Waals surface area contributed by atoms with E-state index < -0.39 is 5.41 Å². The van der Waals surface area contributed by atoms with Crippen molar-refractivity contribution in [3.05, 3.63) is 47.7 Å². The lowest BCUT2D eigenvalue weighted by Gasteiger charge is -2.39. The van der Waals surface area contributed by atoms with E-state index in [-0.39, 0.29) is 18.4 Å². The van der Waals surface area contributed by atoms with Gasteiger partial charge in [0.15, 0.2) is 0 Å². The third kappa shape index (κ3) is 3.22.